The normalized spacial score (nSPS) is 9.56. The van der Waals surface area contributed by atoms with Crippen molar-refractivity contribution in [3.05, 3.63) is 82.4 Å². The highest BCUT2D eigenvalue weighted by atomic mass is 16.5. The van der Waals surface area contributed by atoms with Gasteiger partial charge in [-0.1, -0.05) is 23.7 Å². The van der Waals surface area contributed by atoms with Gasteiger partial charge >= 0.3 is 5.97 Å². The Labute approximate surface area is 199 Å². The topological polar surface area (TPSA) is 63.2 Å². The molecule has 0 radical (unpaired) electrons. The maximum atomic E-state index is 11.6. The van der Waals surface area contributed by atoms with Crippen LogP contribution >= 0.6 is 0 Å². The molecule has 0 amide bonds. The molecule has 0 atom stereocenters. The number of ether oxygens (including phenoxy) is 5. The fraction of sp³-hybridized carbons (Fsp3) is 0.179. The van der Waals surface area contributed by atoms with Crippen LogP contribution in [0.15, 0.2) is 54.6 Å². The van der Waals surface area contributed by atoms with E-state index >= 15 is 0 Å². The molecule has 6 heteroatoms. The van der Waals surface area contributed by atoms with Crippen molar-refractivity contribution in [2.75, 3.05) is 35.5 Å². The second kappa shape index (κ2) is 11.4. The SMILES string of the molecule is COC(=O)c1ccc(C#Cc2cc(OC)c(OC)cc2C#Cc2cc(OC)cc(OC)c2)cc1. The van der Waals surface area contributed by atoms with Gasteiger partial charge in [-0.3, -0.25) is 0 Å². The van der Waals surface area contributed by atoms with Crippen LogP contribution in [0.2, 0.25) is 0 Å². The Morgan fingerprint density at radius 3 is 1.53 bits per heavy atom. The lowest BCUT2D eigenvalue weighted by atomic mass is 10.0. The molecule has 0 aromatic heterocycles. The summed E-state index contributed by atoms with van der Waals surface area (Å²) in [4.78, 5) is 11.6. The van der Waals surface area contributed by atoms with Crippen LogP contribution in [0.25, 0.3) is 0 Å². The van der Waals surface area contributed by atoms with Gasteiger partial charge < -0.3 is 23.7 Å². The molecule has 0 aliphatic heterocycles. The van der Waals surface area contributed by atoms with Gasteiger partial charge in [-0.2, -0.15) is 0 Å². The van der Waals surface area contributed by atoms with Gasteiger partial charge in [0.15, 0.2) is 11.5 Å². The molecular weight excluding hydrogens is 432 g/mol. The molecule has 3 rings (SSSR count). The molecule has 0 fully saturated rings. The lowest BCUT2D eigenvalue weighted by molar-refractivity contribution is 0.0600. The minimum atomic E-state index is -0.397. The van der Waals surface area contributed by atoms with E-state index in [1.165, 1.54) is 7.11 Å². The predicted octanol–water partition coefficient (Wildman–Crippen LogP) is 4.31. The van der Waals surface area contributed by atoms with Crippen molar-refractivity contribution in [2.45, 2.75) is 0 Å². The highest BCUT2D eigenvalue weighted by Gasteiger charge is 2.09. The Balaban J connectivity index is 2.04. The van der Waals surface area contributed by atoms with E-state index in [1.54, 1.807) is 70.9 Å². The maximum absolute atomic E-state index is 11.6. The van der Waals surface area contributed by atoms with Crippen LogP contribution in [-0.2, 0) is 4.74 Å². The number of carbonyl (C=O) groups is 1. The Hall–Kier alpha value is -4.55. The Bertz CT molecular complexity index is 1280. The molecule has 6 nitrogen and oxygen atoms in total. The summed E-state index contributed by atoms with van der Waals surface area (Å²) in [6.07, 6.45) is 0. The van der Waals surface area contributed by atoms with E-state index in [0.717, 1.165) is 11.1 Å². The number of carbonyl (C=O) groups excluding carboxylic acids is 1. The van der Waals surface area contributed by atoms with Gasteiger partial charge in [-0.15, -0.1) is 0 Å². The van der Waals surface area contributed by atoms with Crippen molar-refractivity contribution < 1.29 is 28.5 Å². The average molecular weight is 456 g/mol. The van der Waals surface area contributed by atoms with Crippen molar-refractivity contribution in [1.29, 1.82) is 0 Å². The van der Waals surface area contributed by atoms with Crippen LogP contribution in [0.4, 0.5) is 0 Å². The summed E-state index contributed by atoms with van der Waals surface area (Å²) in [6.45, 7) is 0. The van der Waals surface area contributed by atoms with Gasteiger partial charge in [0.1, 0.15) is 11.5 Å². The van der Waals surface area contributed by atoms with E-state index in [9.17, 15) is 4.79 Å². The minimum Gasteiger partial charge on any atom is -0.497 e. The highest BCUT2D eigenvalue weighted by Crippen LogP contribution is 2.30. The first-order valence-corrected chi connectivity index (χ1v) is 10.2. The lowest BCUT2D eigenvalue weighted by Crippen LogP contribution is -2.00. The van der Waals surface area contributed by atoms with Crippen LogP contribution < -0.4 is 18.9 Å². The van der Waals surface area contributed by atoms with Gasteiger partial charge in [0.2, 0.25) is 0 Å². The molecule has 0 N–H and O–H groups in total. The summed E-state index contributed by atoms with van der Waals surface area (Å²) in [5.74, 6) is 14.5. The standard InChI is InChI=1S/C28H24O6/c1-30-24-14-20(15-25(18-24)31-2)9-13-23-17-27(33-4)26(32-3)16-22(23)12-8-19-6-10-21(11-7-19)28(29)34-5/h6-7,10-11,14-18H,1-5H3. The summed E-state index contributed by atoms with van der Waals surface area (Å²) in [6, 6.07) is 15.8. The zero-order chi connectivity index (χ0) is 24.5. The number of methoxy groups -OCH3 is 5. The monoisotopic (exact) mass is 456 g/mol. The molecule has 0 saturated heterocycles. The van der Waals surface area contributed by atoms with Crippen LogP contribution in [0.5, 0.6) is 23.0 Å². The molecule has 0 bridgehead atoms. The Kier molecular flexibility index (Phi) is 8.05. The van der Waals surface area contributed by atoms with Gasteiger partial charge in [0, 0.05) is 40.5 Å². The number of esters is 1. The summed E-state index contributed by atoms with van der Waals surface area (Å²) >= 11 is 0. The largest absolute Gasteiger partial charge is 0.497 e. The van der Waals surface area contributed by atoms with Crippen molar-refractivity contribution in [2.24, 2.45) is 0 Å². The quantitative estimate of drug-likeness (QED) is 0.421. The van der Waals surface area contributed by atoms with Gasteiger partial charge in [-0.05, 0) is 36.4 Å². The first-order chi connectivity index (χ1) is 16.5. The molecule has 34 heavy (non-hydrogen) atoms. The fourth-order valence-corrected chi connectivity index (χ4v) is 3.05. The number of hydrogen-bond donors (Lipinski definition) is 0. The van der Waals surface area contributed by atoms with Crippen molar-refractivity contribution in [1.82, 2.24) is 0 Å². The van der Waals surface area contributed by atoms with E-state index in [2.05, 4.69) is 23.7 Å². The number of rotatable bonds is 5. The van der Waals surface area contributed by atoms with E-state index in [1.807, 2.05) is 12.1 Å². The van der Waals surface area contributed by atoms with Gasteiger partial charge in [-0.25, -0.2) is 4.79 Å². The second-order valence-corrected chi connectivity index (χ2v) is 6.92. The van der Waals surface area contributed by atoms with Crippen molar-refractivity contribution >= 4 is 5.97 Å². The molecule has 0 aliphatic rings. The third-order valence-electron chi connectivity index (χ3n) is 4.86. The van der Waals surface area contributed by atoms with E-state index in [-0.39, 0.29) is 0 Å². The summed E-state index contributed by atoms with van der Waals surface area (Å²) in [5.41, 5.74) is 3.25. The number of benzene rings is 3. The molecule has 0 heterocycles. The predicted molar refractivity (Wildman–Crippen MR) is 129 cm³/mol. The van der Waals surface area contributed by atoms with E-state index in [4.69, 9.17) is 23.7 Å². The van der Waals surface area contributed by atoms with Crippen LogP contribution in [-0.4, -0.2) is 41.5 Å². The van der Waals surface area contributed by atoms with Crippen molar-refractivity contribution in [3.8, 4) is 46.7 Å². The highest BCUT2D eigenvalue weighted by molar-refractivity contribution is 5.89. The molecule has 3 aromatic rings. The second-order valence-electron chi connectivity index (χ2n) is 6.92. The van der Waals surface area contributed by atoms with Crippen LogP contribution in [0, 0.1) is 23.7 Å². The van der Waals surface area contributed by atoms with E-state index in [0.29, 0.717) is 39.7 Å². The molecule has 3 aromatic carbocycles. The first-order valence-electron chi connectivity index (χ1n) is 10.2. The summed E-state index contributed by atoms with van der Waals surface area (Å²) in [5, 5.41) is 0. The molecule has 0 unspecified atom stereocenters. The lowest BCUT2D eigenvalue weighted by Gasteiger charge is -2.09. The fourth-order valence-electron chi connectivity index (χ4n) is 3.05. The van der Waals surface area contributed by atoms with Crippen LogP contribution in [0.1, 0.15) is 32.6 Å². The molecule has 0 spiro atoms. The molecule has 172 valence electrons. The maximum Gasteiger partial charge on any atom is 0.337 e. The first kappa shape index (κ1) is 24.1. The average Bonchev–Trinajstić information content (AvgIpc) is 2.89. The minimum absolute atomic E-state index is 0.397. The van der Waals surface area contributed by atoms with Crippen LogP contribution in [0.3, 0.4) is 0 Å². The zero-order valence-electron chi connectivity index (χ0n) is 19.6. The van der Waals surface area contributed by atoms with Gasteiger partial charge in [0.05, 0.1) is 41.1 Å². The van der Waals surface area contributed by atoms with Crippen molar-refractivity contribution in [3.63, 3.8) is 0 Å². The van der Waals surface area contributed by atoms with Gasteiger partial charge in [0.25, 0.3) is 0 Å². The Morgan fingerprint density at radius 1 is 0.588 bits per heavy atom. The summed E-state index contributed by atoms with van der Waals surface area (Å²) < 4.78 is 26.3. The number of hydrogen-bond acceptors (Lipinski definition) is 6. The Morgan fingerprint density at radius 2 is 1.09 bits per heavy atom. The molecule has 0 saturated carbocycles. The third kappa shape index (κ3) is 5.82. The molecular formula is C28H24O6. The molecule has 0 aliphatic carbocycles. The van der Waals surface area contributed by atoms with E-state index < -0.39 is 5.97 Å². The third-order valence-corrected chi connectivity index (χ3v) is 4.86. The summed E-state index contributed by atoms with van der Waals surface area (Å²) in [7, 11) is 7.65. The zero-order valence-corrected chi connectivity index (χ0v) is 19.6. The smallest absolute Gasteiger partial charge is 0.337 e.